The van der Waals surface area contributed by atoms with Gasteiger partial charge in [-0.25, -0.2) is 0 Å². The summed E-state index contributed by atoms with van der Waals surface area (Å²) in [6.45, 7) is 1.30. The van der Waals surface area contributed by atoms with Gasteiger partial charge in [0, 0.05) is 0 Å². The number of rotatable bonds is 6. The van der Waals surface area contributed by atoms with Gasteiger partial charge < -0.3 is 0 Å². The Hall–Kier alpha value is -1.42. The van der Waals surface area contributed by atoms with Gasteiger partial charge in [0.25, 0.3) is 0 Å². The Morgan fingerprint density at radius 3 is 1.15 bits per heavy atom. The van der Waals surface area contributed by atoms with Gasteiger partial charge in [-0.15, -0.1) is 0 Å². The Morgan fingerprint density at radius 1 is 0.692 bits per heavy atom. The molecule has 0 saturated heterocycles. The SMILES string of the molecule is CCC[CH2][Sn]([O]C(=O)C(F)(F)F)([O]C(=O)C(F)(F)F)[O]C(=O)C(F)(F)F. The van der Waals surface area contributed by atoms with E-state index in [1.54, 1.807) is 0 Å². The van der Waals surface area contributed by atoms with Crippen LogP contribution in [0.2, 0.25) is 4.44 Å². The molecule has 0 heterocycles. The molecule has 6 nitrogen and oxygen atoms in total. The standard InChI is InChI=1S/C4H9.3C2HF3O2.Sn/c1-3-4-2;3*3-2(4,5)1(6)7;/h1,3-4H2,2H3;3*(H,6,7);/q;;;;+3/p-3. The molecule has 0 spiro atoms. The molecule has 16 heteroatoms. The third-order valence-corrected chi connectivity index (χ3v) is 9.28. The van der Waals surface area contributed by atoms with Crippen molar-refractivity contribution in [2.24, 2.45) is 0 Å². The second-order valence-electron chi connectivity index (χ2n) is 4.45. The van der Waals surface area contributed by atoms with Crippen LogP contribution in [0.3, 0.4) is 0 Å². The normalized spacial score (nSPS) is 13.2. The second-order valence-corrected chi connectivity index (χ2v) is 11.5. The van der Waals surface area contributed by atoms with Crippen molar-refractivity contribution in [3.8, 4) is 0 Å². The third kappa shape index (κ3) is 7.86. The van der Waals surface area contributed by atoms with E-state index in [2.05, 4.69) is 9.22 Å². The molecule has 0 rings (SSSR count). The first kappa shape index (κ1) is 24.6. The van der Waals surface area contributed by atoms with Crippen LogP contribution in [0.1, 0.15) is 19.8 Å². The first-order valence-corrected chi connectivity index (χ1v) is 11.9. The molecule has 0 aliphatic rings. The predicted molar refractivity (Wildman–Crippen MR) is 61.9 cm³/mol. The molecule has 0 atom stereocenters. The fourth-order valence-electron chi connectivity index (χ4n) is 1.21. The first-order chi connectivity index (χ1) is 11.4. The van der Waals surface area contributed by atoms with Gasteiger partial charge in [0.15, 0.2) is 0 Å². The van der Waals surface area contributed by atoms with E-state index in [-0.39, 0.29) is 6.42 Å². The van der Waals surface area contributed by atoms with E-state index >= 15 is 0 Å². The zero-order valence-corrected chi connectivity index (χ0v) is 15.3. The molecular weight excluding hydrogens is 506 g/mol. The number of hydrogen-bond donors (Lipinski definition) is 0. The van der Waals surface area contributed by atoms with Crippen LogP contribution in [0.15, 0.2) is 0 Å². The molecule has 0 aromatic rings. The minimum absolute atomic E-state index is 0.0463. The van der Waals surface area contributed by atoms with Crippen molar-refractivity contribution >= 4 is 37.5 Å². The maximum absolute atomic E-state index is 12.3. The van der Waals surface area contributed by atoms with Crippen molar-refractivity contribution in [2.45, 2.75) is 42.7 Å². The van der Waals surface area contributed by atoms with Gasteiger partial charge in [0.2, 0.25) is 0 Å². The van der Waals surface area contributed by atoms with Crippen molar-refractivity contribution < 1.29 is 63.1 Å². The zero-order chi connectivity index (χ0) is 21.0. The number of unbranched alkanes of at least 4 members (excludes halogenated alkanes) is 1. The summed E-state index contributed by atoms with van der Waals surface area (Å²) in [7, 11) is 0. The molecule has 0 aromatic heterocycles. The third-order valence-electron chi connectivity index (χ3n) is 2.28. The molecule has 0 fully saturated rings. The van der Waals surface area contributed by atoms with Crippen LogP contribution in [0, 0.1) is 0 Å². The summed E-state index contributed by atoms with van der Waals surface area (Å²) in [6.07, 6.45) is -18.1. The van der Waals surface area contributed by atoms with Gasteiger partial charge in [-0.3, -0.25) is 0 Å². The van der Waals surface area contributed by atoms with Gasteiger partial charge in [-0.2, -0.15) is 0 Å². The van der Waals surface area contributed by atoms with E-state index in [0.717, 1.165) is 0 Å². The van der Waals surface area contributed by atoms with E-state index in [4.69, 9.17) is 0 Å². The monoisotopic (exact) mass is 516 g/mol. The van der Waals surface area contributed by atoms with Gasteiger partial charge in [0.05, 0.1) is 0 Å². The van der Waals surface area contributed by atoms with Crippen LogP contribution >= 0.6 is 0 Å². The Kier molecular flexibility index (Phi) is 8.05. The van der Waals surface area contributed by atoms with Crippen molar-refractivity contribution in [1.29, 1.82) is 0 Å². The van der Waals surface area contributed by atoms with Gasteiger partial charge >= 0.3 is 143 Å². The molecule has 0 bridgehead atoms. The quantitative estimate of drug-likeness (QED) is 0.400. The molecule has 0 amide bonds. The average molecular weight is 515 g/mol. The molecule has 0 radical (unpaired) electrons. The van der Waals surface area contributed by atoms with Crippen LogP contribution < -0.4 is 0 Å². The first-order valence-electron chi connectivity index (χ1n) is 6.35. The number of alkyl halides is 9. The molecule has 0 aliphatic carbocycles. The molecular formula is C10H9F9O6Sn. The van der Waals surface area contributed by atoms with Crippen molar-refractivity contribution in [1.82, 2.24) is 0 Å². The minimum atomic E-state index is -6.98. The van der Waals surface area contributed by atoms with Gasteiger partial charge in [0.1, 0.15) is 0 Å². The van der Waals surface area contributed by atoms with E-state index in [1.165, 1.54) is 6.92 Å². The van der Waals surface area contributed by atoms with Gasteiger partial charge in [-0.05, 0) is 0 Å². The summed E-state index contributed by atoms with van der Waals surface area (Å²) >= 11 is -6.98. The van der Waals surface area contributed by atoms with E-state index in [9.17, 15) is 53.9 Å². The van der Waals surface area contributed by atoms with Crippen LogP contribution in [0.25, 0.3) is 0 Å². The van der Waals surface area contributed by atoms with Crippen molar-refractivity contribution in [2.75, 3.05) is 0 Å². The second kappa shape index (κ2) is 8.51. The zero-order valence-electron chi connectivity index (χ0n) is 12.5. The topological polar surface area (TPSA) is 78.9 Å². The maximum atomic E-state index is 12.3. The van der Waals surface area contributed by atoms with Crippen LogP contribution in [0.5, 0.6) is 0 Å². The molecule has 0 N–H and O–H groups in total. The fourth-order valence-corrected chi connectivity index (χ4v) is 8.09. The van der Waals surface area contributed by atoms with Crippen molar-refractivity contribution in [3.05, 3.63) is 0 Å². The Balaban J connectivity index is 5.96. The number of carbonyl (C=O) groups is 3. The van der Waals surface area contributed by atoms with Crippen LogP contribution in [0.4, 0.5) is 39.5 Å². The number of carbonyl (C=O) groups excluding carboxylic acids is 3. The fraction of sp³-hybridized carbons (Fsp3) is 0.700. The van der Waals surface area contributed by atoms with Gasteiger partial charge in [-0.1, -0.05) is 0 Å². The molecule has 26 heavy (non-hydrogen) atoms. The average Bonchev–Trinajstić information content (AvgIpc) is 2.41. The van der Waals surface area contributed by atoms with Crippen LogP contribution in [-0.4, -0.2) is 56.1 Å². The summed E-state index contributed by atoms with van der Waals surface area (Å²) < 4.78 is 120. The molecule has 0 unspecified atom stereocenters. The predicted octanol–water partition coefficient (Wildman–Crippen LogP) is 3.04. The van der Waals surface area contributed by atoms with E-state index in [0.29, 0.717) is 0 Å². The summed E-state index contributed by atoms with van der Waals surface area (Å²) in [5, 5.41) is 0. The molecule has 0 aliphatic heterocycles. The van der Waals surface area contributed by atoms with E-state index < -0.39 is 66.9 Å². The Bertz CT molecular complexity index is 469. The Morgan fingerprint density at radius 2 is 0.962 bits per heavy atom. The van der Waals surface area contributed by atoms with Crippen molar-refractivity contribution in [3.63, 3.8) is 0 Å². The molecule has 152 valence electrons. The summed E-state index contributed by atoms with van der Waals surface area (Å²) in [5.41, 5.74) is 0. The number of halogens is 9. The summed E-state index contributed by atoms with van der Waals surface area (Å²) in [5.74, 6) is -9.77. The summed E-state index contributed by atoms with van der Waals surface area (Å²) in [6, 6.07) is 0. The molecule has 0 saturated carbocycles. The van der Waals surface area contributed by atoms with E-state index in [1.807, 2.05) is 0 Å². The summed E-state index contributed by atoms with van der Waals surface area (Å²) in [4.78, 5) is 32.6. The van der Waals surface area contributed by atoms with Crippen LogP contribution in [-0.2, 0) is 23.6 Å². The molecule has 0 aromatic carbocycles. The number of hydrogen-bond acceptors (Lipinski definition) is 6. The Labute approximate surface area is 144 Å².